The number of aromatic nitrogens is 1. The van der Waals surface area contributed by atoms with Crippen LogP contribution in [0.25, 0.3) is 0 Å². The minimum absolute atomic E-state index is 0.0973. The van der Waals surface area contributed by atoms with Gasteiger partial charge >= 0.3 is 5.97 Å². The lowest BCUT2D eigenvalue weighted by Crippen LogP contribution is -2.49. The van der Waals surface area contributed by atoms with E-state index in [0.717, 1.165) is 11.3 Å². The number of nitrogens with zero attached hydrogens (tertiary/aromatic N) is 2. The zero-order valence-electron chi connectivity index (χ0n) is 10.7. The summed E-state index contributed by atoms with van der Waals surface area (Å²) in [5.41, 5.74) is 1.68. The molecule has 1 unspecified atom stereocenters. The molecule has 2 rings (SSSR count). The van der Waals surface area contributed by atoms with Crippen molar-refractivity contribution in [2.24, 2.45) is 0 Å². The van der Waals surface area contributed by atoms with Crippen molar-refractivity contribution >= 4 is 11.9 Å². The van der Waals surface area contributed by atoms with Crippen LogP contribution in [0.3, 0.4) is 0 Å². The highest BCUT2D eigenvalue weighted by Crippen LogP contribution is 2.10. The Balaban J connectivity index is 2.00. The van der Waals surface area contributed by atoms with Gasteiger partial charge in [-0.25, -0.2) is 4.79 Å². The third-order valence-corrected chi connectivity index (χ3v) is 3.13. The van der Waals surface area contributed by atoms with E-state index < -0.39 is 12.1 Å². The standard InChI is InChI=1S/C13H16N2O4/c1-9-3-2-4-14-10(9)7-12(16)15-5-6-19-11(8-15)13(17)18/h2-4,11H,5-8H2,1H3,(H,17,18). The third kappa shape index (κ3) is 3.29. The molecule has 6 nitrogen and oxygen atoms in total. The molecule has 6 heteroatoms. The molecule has 1 fully saturated rings. The molecule has 1 aliphatic rings. The quantitative estimate of drug-likeness (QED) is 0.846. The molecule has 0 radical (unpaired) electrons. The number of carboxylic acids is 1. The van der Waals surface area contributed by atoms with Crippen molar-refractivity contribution in [1.82, 2.24) is 9.88 Å². The van der Waals surface area contributed by atoms with Crippen LogP contribution in [0.2, 0.25) is 0 Å². The number of hydrogen-bond donors (Lipinski definition) is 1. The van der Waals surface area contributed by atoms with Gasteiger partial charge in [-0.1, -0.05) is 6.07 Å². The van der Waals surface area contributed by atoms with E-state index in [1.165, 1.54) is 4.90 Å². The Kier molecular flexibility index (Phi) is 4.11. The van der Waals surface area contributed by atoms with Crippen LogP contribution in [0.4, 0.5) is 0 Å². The Bertz CT molecular complexity index is 489. The molecule has 1 aromatic heterocycles. The summed E-state index contributed by atoms with van der Waals surface area (Å²) >= 11 is 0. The summed E-state index contributed by atoms with van der Waals surface area (Å²) in [6.07, 6.45) is 0.913. The highest BCUT2D eigenvalue weighted by Gasteiger charge is 2.29. The normalized spacial score (nSPS) is 19.2. The number of morpholine rings is 1. The summed E-state index contributed by atoms with van der Waals surface area (Å²) in [7, 11) is 0. The number of aryl methyl sites for hydroxylation is 1. The number of carboxylic acid groups (broad SMARTS) is 1. The number of carbonyl (C=O) groups excluding carboxylic acids is 1. The predicted octanol–water partition coefficient (Wildman–Crippen LogP) is 0.245. The first-order valence-electron chi connectivity index (χ1n) is 6.10. The van der Waals surface area contributed by atoms with Gasteiger partial charge in [0.25, 0.3) is 0 Å². The highest BCUT2D eigenvalue weighted by atomic mass is 16.5. The van der Waals surface area contributed by atoms with Crippen molar-refractivity contribution in [2.45, 2.75) is 19.4 Å². The Hall–Kier alpha value is -1.95. The number of ether oxygens (including phenoxy) is 1. The molecule has 19 heavy (non-hydrogen) atoms. The number of rotatable bonds is 3. The van der Waals surface area contributed by atoms with Gasteiger partial charge in [-0.3, -0.25) is 9.78 Å². The minimum atomic E-state index is -1.04. The molecule has 0 aliphatic carbocycles. The van der Waals surface area contributed by atoms with Gasteiger partial charge in [-0.2, -0.15) is 0 Å². The maximum absolute atomic E-state index is 12.1. The number of amides is 1. The number of carbonyl (C=O) groups is 2. The third-order valence-electron chi connectivity index (χ3n) is 3.13. The second-order valence-electron chi connectivity index (χ2n) is 4.48. The van der Waals surface area contributed by atoms with Crippen LogP contribution in [0, 0.1) is 6.92 Å². The SMILES string of the molecule is Cc1cccnc1CC(=O)N1CCOC(C(=O)O)C1. The van der Waals surface area contributed by atoms with Crippen molar-refractivity contribution in [3.8, 4) is 0 Å². The molecule has 1 atom stereocenters. The largest absolute Gasteiger partial charge is 0.479 e. The van der Waals surface area contributed by atoms with E-state index in [1.54, 1.807) is 6.20 Å². The monoisotopic (exact) mass is 264 g/mol. The average molecular weight is 264 g/mol. The van der Waals surface area contributed by atoms with Gasteiger partial charge in [0.15, 0.2) is 6.10 Å². The molecule has 1 N–H and O–H groups in total. The van der Waals surface area contributed by atoms with Crippen LogP contribution in [0.5, 0.6) is 0 Å². The van der Waals surface area contributed by atoms with Crippen LogP contribution in [0.15, 0.2) is 18.3 Å². The van der Waals surface area contributed by atoms with Crippen LogP contribution < -0.4 is 0 Å². The van der Waals surface area contributed by atoms with Gasteiger partial charge in [0.05, 0.1) is 25.3 Å². The fourth-order valence-electron chi connectivity index (χ4n) is 1.98. The lowest BCUT2D eigenvalue weighted by molar-refractivity contribution is -0.159. The fraction of sp³-hybridized carbons (Fsp3) is 0.462. The topological polar surface area (TPSA) is 79.7 Å². The Morgan fingerprint density at radius 2 is 2.37 bits per heavy atom. The van der Waals surface area contributed by atoms with Gasteiger partial charge < -0.3 is 14.7 Å². The summed E-state index contributed by atoms with van der Waals surface area (Å²) in [6.45, 7) is 2.67. The number of pyridine rings is 1. The van der Waals surface area contributed by atoms with Crippen molar-refractivity contribution in [2.75, 3.05) is 19.7 Å². The Labute approximate surface area is 111 Å². The van der Waals surface area contributed by atoms with E-state index in [1.807, 2.05) is 19.1 Å². The average Bonchev–Trinajstić information content (AvgIpc) is 2.41. The zero-order valence-corrected chi connectivity index (χ0v) is 10.7. The molecular formula is C13H16N2O4. The molecule has 0 aromatic carbocycles. The van der Waals surface area contributed by atoms with E-state index >= 15 is 0 Å². The van der Waals surface area contributed by atoms with Crippen LogP contribution in [0.1, 0.15) is 11.3 Å². The van der Waals surface area contributed by atoms with E-state index in [-0.39, 0.29) is 25.5 Å². The minimum Gasteiger partial charge on any atom is -0.479 e. The maximum Gasteiger partial charge on any atom is 0.334 e. The molecule has 1 amide bonds. The van der Waals surface area contributed by atoms with Gasteiger partial charge in [-0.05, 0) is 18.6 Å². The highest BCUT2D eigenvalue weighted by molar-refractivity contribution is 5.80. The second kappa shape index (κ2) is 5.79. The fourth-order valence-corrected chi connectivity index (χ4v) is 1.98. The summed E-state index contributed by atoms with van der Waals surface area (Å²) in [5.74, 6) is -1.15. The maximum atomic E-state index is 12.1. The first-order valence-corrected chi connectivity index (χ1v) is 6.10. The summed E-state index contributed by atoms with van der Waals surface area (Å²) in [4.78, 5) is 28.7. The molecular weight excluding hydrogens is 248 g/mol. The van der Waals surface area contributed by atoms with Crippen LogP contribution in [-0.2, 0) is 20.7 Å². The van der Waals surface area contributed by atoms with Gasteiger partial charge in [0.1, 0.15) is 0 Å². The number of aliphatic carboxylic acids is 1. The molecule has 0 bridgehead atoms. The Morgan fingerprint density at radius 1 is 1.58 bits per heavy atom. The molecule has 1 aliphatic heterocycles. The summed E-state index contributed by atoms with van der Waals surface area (Å²) < 4.78 is 5.08. The van der Waals surface area contributed by atoms with E-state index in [2.05, 4.69) is 4.98 Å². The van der Waals surface area contributed by atoms with E-state index in [0.29, 0.717) is 6.54 Å². The molecule has 0 spiro atoms. The first-order chi connectivity index (χ1) is 9.08. The molecule has 0 saturated carbocycles. The predicted molar refractivity (Wildman–Crippen MR) is 66.6 cm³/mol. The van der Waals surface area contributed by atoms with Crippen LogP contribution in [-0.4, -0.2) is 52.7 Å². The van der Waals surface area contributed by atoms with Gasteiger partial charge in [0, 0.05) is 12.7 Å². The van der Waals surface area contributed by atoms with Crippen molar-refractivity contribution in [1.29, 1.82) is 0 Å². The zero-order chi connectivity index (χ0) is 13.8. The van der Waals surface area contributed by atoms with Gasteiger partial charge in [0.2, 0.25) is 5.91 Å². The van der Waals surface area contributed by atoms with Crippen molar-refractivity contribution in [3.63, 3.8) is 0 Å². The van der Waals surface area contributed by atoms with Crippen LogP contribution >= 0.6 is 0 Å². The van der Waals surface area contributed by atoms with E-state index in [4.69, 9.17) is 9.84 Å². The molecule has 1 aromatic rings. The molecule has 102 valence electrons. The van der Waals surface area contributed by atoms with Crippen molar-refractivity contribution in [3.05, 3.63) is 29.6 Å². The Morgan fingerprint density at radius 3 is 3.05 bits per heavy atom. The second-order valence-corrected chi connectivity index (χ2v) is 4.48. The number of hydrogen-bond acceptors (Lipinski definition) is 4. The molecule has 2 heterocycles. The first kappa shape index (κ1) is 13.5. The summed E-state index contributed by atoms with van der Waals surface area (Å²) in [5, 5.41) is 8.90. The van der Waals surface area contributed by atoms with Gasteiger partial charge in [-0.15, -0.1) is 0 Å². The lowest BCUT2D eigenvalue weighted by Gasteiger charge is -2.30. The summed E-state index contributed by atoms with van der Waals surface area (Å²) in [6, 6.07) is 3.72. The lowest BCUT2D eigenvalue weighted by atomic mass is 10.1. The molecule has 1 saturated heterocycles. The van der Waals surface area contributed by atoms with Crippen molar-refractivity contribution < 1.29 is 19.4 Å². The smallest absolute Gasteiger partial charge is 0.334 e. The van der Waals surface area contributed by atoms with E-state index in [9.17, 15) is 9.59 Å².